The predicted molar refractivity (Wildman–Crippen MR) is 132 cm³/mol. The Kier molecular flexibility index (Phi) is 6.03. The maximum atomic E-state index is 13.4. The van der Waals surface area contributed by atoms with E-state index in [1.165, 1.54) is 24.7 Å². The summed E-state index contributed by atoms with van der Waals surface area (Å²) in [5, 5.41) is 13.8. The van der Waals surface area contributed by atoms with E-state index in [2.05, 4.69) is 15.3 Å². The molecule has 0 aliphatic rings. The first kappa shape index (κ1) is 22.4. The summed E-state index contributed by atoms with van der Waals surface area (Å²) in [5.41, 5.74) is 3.31. The van der Waals surface area contributed by atoms with Crippen LogP contribution in [0, 0.1) is 5.82 Å². The Balaban J connectivity index is 1.40. The topological polar surface area (TPSA) is 89.3 Å². The van der Waals surface area contributed by atoms with Crippen LogP contribution >= 0.6 is 11.6 Å². The Morgan fingerprint density at radius 2 is 1.94 bits per heavy atom. The van der Waals surface area contributed by atoms with Gasteiger partial charge in [0.25, 0.3) is 0 Å². The number of ether oxygens (including phenoxy) is 1. The van der Waals surface area contributed by atoms with Gasteiger partial charge in [-0.1, -0.05) is 29.8 Å². The van der Waals surface area contributed by atoms with Crippen molar-refractivity contribution in [1.82, 2.24) is 14.5 Å². The number of nitrogens with zero attached hydrogens (tertiary/aromatic N) is 3. The molecule has 0 radical (unpaired) electrons. The molecule has 35 heavy (non-hydrogen) atoms. The predicted octanol–water partition coefficient (Wildman–Crippen LogP) is 6.74. The lowest BCUT2D eigenvalue weighted by atomic mass is 10.1. The third-order valence-electron chi connectivity index (χ3n) is 5.36. The number of rotatable bonds is 6. The van der Waals surface area contributed by atoms with E-state index in [0.29, 0.717) is 50.0 Å². The lowest BCUT2D eigenvalue weighted by Crippen LogP contribution is -2.07. The smallest absolute Gasteiger partial charge is 0.415 e. The van der Waals surface area contributed by atoms with Crippen LogP contribution in [0.3, 0.4) is 0 Å². The fourth-order valence-electron chi connectivity index (χ4n) is 3.72. The molecule has 2 N–H and O–H groups in total. The molecule has 0 aliphatic heterocycles. The zero-order valence-electron chi connectivity index (χ0n) is 18.2. The van der Waals surface area contributed by atoms with Crippen LogP contribution in [-0.2, 0) is 6.61 Å². The molecule has 9 heteroatoms. The molecule has 0 fully saturated rings. The van der Waals surface area contributed by atoms with Crippen LogP contribution in [0.15, 0.2) is 85.3 Å². The van der Waals surface area contributed by atoms with Crippen molar-refractivity contribution < 1.29 is 19.0 Å². The van der Waals surface area contributed by atoms with E-state index < -0.39 is 6.09 Å². The number of carbonyl (C=O) groups is 1. The molecule has 0 amide bonds. The summed E-state index contributed by atoms with van der Waals surface area (Å²) in [7, 11) is 0. The van der Waals surface area contributed by atoms with Gasteiger partial charge < -0.3 is 15.2 Å². The van der Waals surface area contributed by atoms with Crippen molar-refractivity contribution in [3.05, 3.63) is 102 Å². The number of nitrogens with one attached hydrogen (secondary N) is 1. The van der Waals surface area contributed by atoms with Gasteiger partial charge in [-0.2, -0.15) is 0 Å². The fourth-order valence-corrected chi connectivity index (χ4v) is 3.95. The van der Waals surface area contributed by atoms with Crippen molar-refractivity contribution in [3.63, 3.8) is 0 Å². The summed E-state index contributed by atoms with van der Waals surface area (Å²) in [5.74, 6) is 0.675. The Labute approximate surface area is 204 Å². The van der Waals surface area contributed by atoms with Crippen LogP contribution in [0.4, 0.5) is 20.7 Å². The minimum absolute atomic E-state index is 0.182. The molecule has 5 aromatic rings. The Morgan fingerprint density at radius 3 is 2.74 bits per heavy atom. The molecule has 7 nitrogen and oxygen atoms in total. The number of aromatic nitrogens is 3. The van der Waals surface area contributed by atoms with E-state index in [1.807, 2.05) is 18.2 Å². The van der Waals surface area contributed by atoms with E-state index in [9.17, 15) is 14.3 Å². The van der Waals surface area contributed by atoms with Crippen molar-refractivity contribution in [1.29, 1.82) is 0 Å². The van der Waals surface area contributed by atoms with Gasteiger partial charge >= 0.3 is 6.09 Å². The number of fused-ring (bicyclic) bond motifs is 1. The molecular formula is C26H18ClFN4O3. The van der Waals surface area contributed by atoms with Crippen LogP contribution in [0.5, 0.6) is 5.75 Å². The molecule has 2 aromatic heterocycles. The fraction of sp³-hybridized carbons (Fsp3) is 0.0385. The molecule has 0 saturated heterocycles. The molecule has 0 aliphatic carbocycles. The average Bonchev–Trinajstić information content (AvgIpc) is 3.34. The monoisotopic (exact) mass is 488 g/mol. The number of hydrogen-bond acceptors (Lipinski definition) is 5. The number of benzene rings is 3. The average molecular weight is 489 g/mol. The second-order valence-electron chi connectivity index (χ2n) is 7.69. The maximum absolute atomic E-state index is 13.4. The second kappa shape index (κ2) is 9.44. The zero-order chi connectivity index (χ0) is 24.4. The molecular weight excluding hydrogens is 471 g/mol. The maximum Gasteiger partial charge on any atom is 0.415 e. The van der Waals surface area contributed by atoms with Gasteiger partial charge in [-0.05, 0) is 65.7 Å². The third kappa shape index (κ3) is 4.78. The third-order valence-corrected chi connectivity index (χ3v) is 5.66. The lowest BCUT2D eigenvalue weighted by Gasteiger charge is -2.12. The summed E-state index contributed by atoms with van der Waals surface area (Å²) < 4.78 is 20.3. The highest BCUT2D eigenvalue weighted by atomic mass is 35.5. The van der Waals surface area contributed by atoms with Crippen molar-refractivity contribution in [2.45, 2.75) is 6.61 Å². The molecule has 2 heterocycles. The summed E-state index contributed by atoms with van der Waals surface area (Å²) in [6.45, 7) is 0.182. The van der Waals surface area contributed by atoms with Gasteiger partial charge in [-0.3, -0.25) is 4.57 Å². The van der Waals surface area contributed by atoms with Gasteiger partial charge in [0.15, 0.2) is 0 Å². The summed E-state index contributed by atoms with van der Waals surface area (Å²) in [6, 6.07) is 20.3. The summed E-state index contributed by atoms with van der Waals surface area (Å²) in [6.07, 6.45) is 1.87. The van der Waals surface area contributed by atoms with Crippen LogP contribution in [0.25, 0.3) is 22.2 Å². The quantitative estimate of drug-likeness (QED) is 0.275. The van der Waals surface area contributed by atoms with Crippen molar-refractivity contribution in [2.24, 2.45) is 0 Å². The van der Waals surface area contributed by atoms with Crippen LogP contribution in [0.2, 0.25) is 5.02 Å². The van der Waals surface area contributed by atoms with Crippen molar-refractivity contribution in [2.75, 3.05) is 5.32 Å². The number of carboxylic acid groups (broad SMARTS) is 1. The Morgan fingerprint density at radius 1 is 1.06 bits per heavy atom. The molecule has 0 unspecified atom stereocenters. The van der Waals surface area contributed by atoms with Crippen LogP contribution in [-0.4, -0.2) is 25.7 Å². The molecule has 5 rings (SSSR count). The van der Waals surface area contributed by atoms with Gasteiger partial charge in [0, 0.05) is 17.3 Å². The van der Waals surface area contributed by atoms with Gasteiger partial charge in [0.05, 0.1) is 16.2 Å². The normalized spacial score (nSPS) is 10.9. The highest BCUT2D eigenvalue weighted by Crippen LogP contribution is 2.32. The molecule has 3 aromatic carbocycles. The van der Waals surface area contributed by atoms with Crippen molar-refractivity contribution in [3.8, 4) is 17.0 Å². The minimum Gasteiger partial charge on any atom is -0.487 e. The van der Waals surface area contributed by atoms with Gasteiger partial charge in [-0.15, -0.1) is 0 Å². The Hall–Kier alpha value is -4.43. The van der Waals surface area contributed by atoms with Crippen molar-refractivity contribution >= 4 is 40.1 Å². The van der Waals surface area contributed by atoms with E-state index in [4.69, 9.17) is 16.3 Å². The van der Waals surface area contributed by atoms with E-state index in [1.54, 1.807) is 42.5 Å². The molecule has 0 spiro atoms. The SMILES string of the molecule is O=C(O)n1cccc1-c1ccc2ncnc(Nc3ccc(OCc4cccc(F)c4)c(Cl)c3)c2c1. The second-order valence-corrected chi connectivity index (χ2v) is 8.10. The highest BCUT2D eigenvalue weighted by Gasteiger charge is 2.13. The molecule has 0 bridgehead atoms. The van der Waals surface area contributed by atoms with Crippen LogP contribution in [0.1, 0.15) is 5.56 Å². The van der Waals surface area contributed by atoms with Crippen LogP contribution < -0.4 is 10.1 Å². The van der Waals surface area contributed by atoms with E-state index >= 15 is 0 Å². The van der Waals surface area contributed by atoms with E-state index in [-0.39, 0.29) is 12.4 Å². The van der Waals surface area contributed by atoms with Gasteiger partial charge in [0.1, 0.15) is 30.3 Å². The van der Waals surface area contributed by atoms with Gasteiger partial charge in [-0.25, -0.2) is 19.2 Å². The number of halogens is 2. The summed E-state index contributed by atoms with van der Waals surface area (Å²) in [4.78, 5) is 20.2. The lowest BCUT2D eigenvalue weighted by molar-refractivity contribution is 0.197. The van der Waals surface area contributed by atoms with E-state index in [0.717, 1.165) is 4.57 Å². The standard InChI is InChI=1S/C26H18ClFN4O3/c27-21-13-19(7-9-24(21)35-14-16-3-1-4-18(28)11-16)31-25-20-12-17(6-8-22(20)29-15-30-25)23-5-2-10-32(23)26(33)34/h1-13,15H,14H2,(H,33,34)(H,29,30,31). The first-order valence-electron chi connectivity index (χ1n) is 10.6. The molecule has 174 valence electrons. The molecule has 0 atom stereocenters. The number of anilines is 2. The zero-order valence-corrected chi connectivity index (χ0v) is 18.9. The summed E-state index contributed by atoms with van der Waals surface area (Å²) >= 11 is 6.42. The highest BCUT2D eigenvalue weighted by molar-refractivity contribution is 6.32. The minimum atomic E-state index is -1.07. The van der Waals surface area contributed by atoms with Gasteiger partial charge in [0.2, 0.25) is 0 Å². The molecule has 0 saturated carbocycles. The largest absolute Gasteiger partial charge is 0.487 e. The number of hydrogen-bond donors (Lipinski definition) is 2. The first-order chi connectivity index (χ1) is 17.0. The first-order valence-corrected chi connectivity index (χ1v) is 11.0. The Bertz CT molecular complexity index is 1550.